The molecule has 1 aromatic rings. The third-order valence-electron chi connectivity index (χ3n) is 4.20. The van der Waals surface area contributed by atoms with Crippen molar-refractivity contribution in [2.75, 3.05) is 6.54 Å². The van der Waals surface area contributed by atoms with Gasteiger partial charge in [0.1, 0.15) is 0 Å². The van der Waals surface area contributed by atoms with Gasteiger partial charge in [-0.3, -0.25) is 5.84 Å². The van der Waals surface area contributed by atoms with Crippen molar-refractivity contribution in [2.24, 2.45) is 5.84 Å². The molecular formula is C15H19N3S. The molecule has 3 nitrogen and oxygen atoms in total. The Bertz CT molecular complexity index is 556. The molecule has 0 saturated carbocycles. The first-order valence-corrected chi connectivity index (χ1v) is 7.26. The topological polar surface area (TPSA) is 34.2 Å². The van der Waals surface area contributed by atoms with Gasteiger partial charge in [0, 0.05) is 35.4 Å². The summed E-state index contributed by atoms with van der Waals surface area (Å²) in [5, 5.41) is 3.82. The minimum absolute atomic E-state index is 0.358. The van der Waals surface area contributed by atoms with Gasteiger partial charge in [-0.05, 0) is 30.9 Å². The Kier molecular flexibility index (Phi) is 3.39. The van der Waals surface area contributed by atoms with Crippen LogP contribution in [0.1, 0.15) is 41.4 Å². The fourth-order valence-corrected chi connectivity index (χ4v) is 3.65. The van der Waals surface area contributed by atoms with E-state index in [2.05, 4.69) is 17.2 Å². The van der Waals surface area contributed by atoms with Crippen molar-refractivity contribution in [1.29, 1.82) is 0 Å². The van der Waals surface area contributed by atoms with Crippen molar-refractivity contribution in [2.45, 2.75) is 31.8 Å². The second kappa shape index (κ2) is 5.04. The summed E-state index contributed by atoms with van der Waals surface area (Å²) in [6.07, 6.45) is 9.36. The van der Waals surface area contributed by atoms with Gasteiger partial charge in [-0.1, -0.05) is 30.9 Å². The van der Waals surface area contributed by atoms with E-state index >= 15 is 0 Å². The lowest BCUT2D eigenvalue weighted by atomic mass is 9.90. The van der Waals surface area contributed by atoms with Gasteiger partial charge in [0.05, 0.1) is 6.04 Å². The first-order valence-electron chi connectivity index (χ1n) is 6.78. The summed E-state index contributed by atoms with van der Waals surface area (Å²) < 4.78 is 2.40. The van der Waals surface area contributed by atoms with Crippen LogP contribution in [-0.4, -0.2) is 21.5 Å². The highest BCUT2D eigenvalue weighted by Crippen LogP contribution is 2.40. The van der Waals surface area contributed by atoms with Crippen LogP contribution in [0.3, 0.4) is 0 Å². The first-order chi connectivity index (χ1) is 9.27. The fraction of sp³-hybridized carbons (Fsp3) is 0.400. The number of hydrogen-bond acceptors (Lipinski definition) is 3. The summed E-state index contributed by atoms with van der Waals surface area (Å²) in [7, 11) is 0. The lowest BCUT2D eigenvalue weighted by Crippen LogP contribution is -2.44. The molecular weight excluding hydrogens is 254 g/mol. The van der Waals surface area contributed by atoms with Crippen molar-refractivity contribution in [3.8, 4) is 0 Å². The van der Waals surface area contributed by atoms with Gasteiger partial charge in [-0.2, -0.15) is 0 Å². The molecule has 1 unspecified atom stereocenters. The maximum atomic E-state index is 6.16. The number of rotatable bonds is 3. The Hall–Kier alpha value is -1.23. The second-order valence-electron chi connectivity index (χ2n) is 5.17. The molecule has 0 aromatic carbocycles. The summed E-state index contributed by atoms with van der Waals surface area (Å²) in [4.78, 5) is 0. The predicted molar refractivity (Wildman–Crippen MR) is 83.0 cm³/mol. The van der Waals surface area contributed by atoms with Crippen molar-refractivity contribution in [1.82, 2.24) is 9.58 Å². The SMILES string of the molecule is C=CC=Cc1c(C=S)c2c3n1CCN(N)C3CCC2. The highest BCUT2D eigenvalue weighted by atomic mass is 32.1. The summed E-state index contributed by atoms with van der Waals surface area (Å²) in [6.45, 7) is 5.59. The van der Waals surface area contributed by atoms with Gasteiger partial charge < -0.3 is 4.57 Å². The second-order valence-corrected chi connectivity index (χ2v) is 5.41. The number of nitrogens with two attached hydrogens (primary N) is 1. The Morgan fingerprint density at radius 1 is 1.37 bits per heavy atom. The fourth-order valence-electron chi connectivity index (χ4n) is 3.39. The van der Waals surface area contributed by atoms with E-state index in [1.807, 2.05) is 22.5 Å². The largest absolute Gasteiger partial charge is 0.341 e. The van der Waals surface area contributed by atoms with Crippen LogP contribution in [0.5, 0.6) is 0 Å². The zero-order chi connectivity index (χ0) is 13.4. The molecule has 2 heterocycles. The van der Waals surface area contributed by atoms with Crippen LogP contribution in [-0.2, 0) is 13.0 Å². The first kappa shape index (κ1) is 12.8. The summed E-state index contributed by atoms with van der Waals surface area (Å²) in [5.74, 6) is 6.16. The normalized spacial score (nSPS) is 22.5. The zero-order valence-electron chi connectivity index (χ0n) is 11.0. The van der Waals surface area contributed by atoms with E-state index in [4.69, 9.17) is 18.1 Å². The van der Waals surface area contributed by atoms with Crippen LogP contribution in [0.15, 0.2) is 18.7 Å². The number of allylic oxidation sites excluding steroid dienone is 2. The zero-order valence-corrected chi connectivity index (χ0v) is 11.8. The molecule has 2 aliphatic rings. The number of hydrazine groups is 1. The molecule has 1 aliphatic heterocycles. The average Bonchev–Trinajstić information content (AvgIpc) is 2.75. The van der Waals surface area contributed by atoms with Gasteiger partial charge in [0.15, 0.2) is 0 Å². The molecule has 0 saturated heterocycles. The summed E-state index contributed by atoms with van der Waals surface area (Å²) in [6, 6.07) is 0.358. The molecule has 1 aromatic heterocycles. The van der Waals surface area contributed by atoms with E-state index in [1.54, 1.807) is 0 Å². The summed E-state index contributed by atoms with van der Waals surface area (Å²) in [5.41, 5.74) is 5.23. The number of nitrogens with zero attached hydrogens (tertiary/aromatic N) is 2. The van der Waals surface area contributed by atoms with Crippen LogP contribution >= 0.6 is 12.2 Å². The average molecular weight is 273 g/mol. The monoisotopic (exact) mass is 273 g/mol. The summed E-state index contributed by atoms with van der Waals surface area (Å²) >= 11 is 5.25. The van der Waals surface area contributed by atoms with Crippen LogP contribution in [0.25, 0.3) is 6.08 Å². The van der Waals surface area contributed by atoms with Crippen LogP contribution in [0.2, 0.25) is 0 Å². The Balaban J connectivity index is 2.22. The molecule has 0 bridgehead atoms. The maximum absolute atomic E-state index is 6.16. The van der Waals surface area contributed by atoms with Gasteiger partial charge >= 0.3 is 0 Å². The minimum atomic E-state index is 0.358. The Labute approximate surface area is 119 Å². The van der Waals surface area contributed by atoms with E-state index < -0.39 is 0 Å². The number of aromatic nitrogens is 1. The molecule has 0 fully saturated rings. The number of hydrogen-bond donors (Lipinski definition) is 1. The molecule has 0 amide bonds. The lowest BCUT2D eigenvalue weighted by molar-refractivity contribution is 0.142. The molecule has 19 heavy (non-hydrogen) atoms. The molecule has 1 atom stereocenters. The minimum Gasteiger partial charge on any atom is -0.341 e. The van der Waals surface area contributed by atoms with Crippen LogP contribution in [0, 0.1) is 0 Å². The smallest absolute Gasteiger partial charge is 0.0646 e. The molecule has 1 aliphatic carbocycles. The third-order valence-corrected chi connectivity index (χ3v) is 4.44. The van der Waals surface area contributed by atoms with E-state index in [-0.39, 0.29) is 0 Å². The molecule has 3 rings (SSSR count). The predicted octanol–water partition coefficient (Wildman–Crippen LogP) is 2.60. The van der Waals surface area contributed by atoms with Gasteiger partial charge in [0.25, 0.3) is 0 Å². The van der Waals surface area contributed by atoms with Gasteiger partial charge in [-0.15, -0.1) is 0 Å². The highest BCUT2D eigenvalue weighted by Gasteiger charge is 2.34. The Morgan fingerprint density at radius 3 is 2.95 bits per heavy atom. The van der Waals surface area contributed by atoms with E-state index in [1.165, 1.54) is 28.9 Å². The molecule has 100 valence electrons. The number of thiocarbonyl (C=S) groups is 1. The maximum Gasteiger partial charge on any atom is 0.0646 e. The highest BCUT2D eigenvalue weighted by molar-refractivity contribution is 7.79. The van der Waals surface area contributed by atoms with Crippen molar-refractivity contribution in [3.05, 3.63) is 41.2 Å². The van der Waals surface area contributed by atoms with Gasteiger partial charge in [-0.25, -0.2) is 5.01 Å². The molecule has 4 heteroatoms. The van der Waals surface area contributed by atoms with Crippen molar-refractivity contribution < 1.29 is 0 Å². The molecule has 0 spiro atoms. The third kappa shape index (κ3) is 1.91. The molecule has 2 N–H and O–H groups in total. The van der Waals surface area contributed by atoms with Gasteiger partial charge in [0.2, 0.25) is 0 Å². The van der Waals surface area contributed by atoms with Crippen LogP contribution < -0.4 is 5.84 Å². The Morgan fingerprint density at radius 2 is 2.21 bits per heavy atom. The standard InChI is InChI=1S/C15H19N3S/c1-2-3-6-13-12(10-19)11-5-4-7-14-15(11)17(13)8-9-18(14)16/h2-3,6,10,14H,1,4-5,7-9,16H2. The van der Waals surface area contributed by atoms with E-state index in [0.29, 0.717) is 6.04 Å². The van der Waals surface area contributed by atoms with E-state index in [0.717, 1.165) is 25.9 Å². The van der Waals surface area contributed by atoms with Crippen molar-refractivity contribution in [3.63, 3.8) is 0 Å². The lowest BCUT2D eigenvalue weighted by Gasteiger charge is -2.37. The molecule has 0 radical (unpaired) electrons. The van der Waals surface area contributed by atoms with Crippen molar-refractivity contribution >= 4 is 23.7 Å². The van der Waals surface area contributed by atoms with E-state index in [9.17, 15) is 0 Å². The quantitative estimate of drug-likeness (QED) is 0.522. The van der Waals surface area contributed by atoms with Crippen LogP contribution in [0.4, 0.5) is 0 Å².